The lowest BCUT2D eigenvalue weighted by Gasteiger charge is -2.03. The van der Waals surface area contributed by atoms with Gasteiger partial charge in [0.15, 0.2) is 0 Å². The van der Waals surface area contributed by atoms with E-state index in [1.807, 2.05) is 18.2 Å². The molecule has 0 aliphatic rings. The molecule has 0 saturated heterocycles. The average molecular weight is 308 g/mol. The fourth-order valence-corrected chi connectivity index (χ4v) is 2.06. The molecule has 1 nitrogen and oxygen atoms in total. The van der Waals surface area contributed by atoms with E-state index in [2.05, 4.69) is 6.92 Å². The van der Waals surface area contributed by atoms with Crippen molar-refractivity contribution in [2.75, 3.05) is 13.2 Å². The lowest BCUT2D eigenvalue weighted by Crippen LogP contribution is -1.93. The lowest BCUT2D eigenvalue weighted by molar-refractivity contribution is 0.158. The Morgan fingerprint density at radius 3 is 2.61 bits per heavy atom. The maximum atomic E-state index is 6.07. The van der Waals surface area contributed by atoms with Gasteiger partial charge in [0.1, 0.15) is 0 Å². The van der Waals surface area contributed by atoms with E-state index in [9.17, 15) is 0 Å². The first-order chi connectivity index (χ1) is 8.66. The van der Waals surface area contributed by atoms with Crippen molar-refractivity contribution in [3.05, 3.63) is 38.8 Å². The van der Waals surface area contributed by atoms with Crippen LogP contribution in [0, 0.1) is 0 Å². The summed E-state index contributed by atoms with van der Waals surface area (Å²) in [5.74, 6) is 0. The minimum absolute atomic E-state index is 0.393. The summed E-state index contributed by atoms with van der Waals surface area (Å²) in [6.07, 6.45) is 7.35. The highest BCUT2D eigenvalue weighted by atomic mass is 35.5. The Balaban J connectivity index is 2.41. The number of ether oxygens (including phenoxy) is 1. The third kappa shape index (κ3) is 5.19. The average Bonchev–Trinajstić information content (AvgIpc) is 2.37. The van der Waals surface area contributed by atoms with Gasteiger partial charge in [0.05, 0.1) is 21.7 Å². The Bertz CT molecular complexity index is 402. The van der Waals surface area contributed by atoms with Gasteiger partial charge in [0.25, 0.3) is 0 Å². The van der Waals surface area contributed by atoms with E-state index in [1.165, 1.54) is 12.8 Å². The molecule has 0 radical (unpaired) electrons. The molecule has 1 aromatic carbocycles. The Labute approximate surface area is 124 Å². The van der Waals surface area contributed by atoms with Crippen LogP contribution in [0.1, 0.15) is 31.7 Å². The highest BCUT2D eigenvalue weighted by molar-refractivity contribution is 6.48. The van der Waals surface area contributed by atoms with Crippen LogP contribution in [0.4, 0.5) is 0 Å². The van der Waals surface area contributed by atoms with E-state index >= 15 is 0 Å². The van der Waals surface area contributed by atoms with Crippen LogP contribution < -0.4 is 0 Å². The number of unbranched alkanes of at least 4 members (excludes halogenated alkanes) is 2. The number of hydrogen-bond acceptors (Lipinski definition) is 1. The molecule has 1 aromatic rings. The summed E-state index contributed by atoms with van der Waals surface area (Å²) in [5, 5.41) is 1.34. The molecule has 1 rings (SSSR count). The smallest absolute Gasteiger partial charge is 0.0784 e. The summed E-state index contributed by atoms with van der Waals surface area (Å²) in [5.41, 5.74) is 0.850. The van der Waals surface area contributed by atoms with E-state index in [0.29, 0.717) is 21.7 Å². The Morgan fingerprint density at radius 2 is 1.89 bits per heavy atom. The van der Waals surface area contributed by atoms with Crippen LogP contribution in [0.5, 0.6) is 0 Å². The minimum Gasteiger partial charge on any atom is -0.377 e. The normalized spacial score (nSPS) is 11.3. The third-order valence-electron chi connectivity index (χ3n) is 2.47. The topological polar surface area (TPSA) is 9.23 Å². The third-order valence-corrected chi connectivity index (χ3v) is 3.78. The van der Waals surface area contributed by atoms with E-state index < -0.39 is 0 Å². The van der Waals surface area contributed by atoms with Gasteiger partial charge in [0.2, 0.25) is 0 Å². The number of halogens is 3. The van der Waals surface area contributed by atoms with Gasteiger partial charge in [-0.15, -0.1) is 0 Å². The summed E-state index contributed by atoms with van der Waals surface area (Å²) < 4.78 is 5.46. The largest absolute Gasteiger partial charge is 0.377 e. The van der Waals surface area contributed by atoms with Crippen molar-refractivity contribution in [1.29, 1.82) is 0 Å². The fourth-order valence-electron chi connectivity index (χ4n) is 1.45. The van der Waals surface area contributed by atoms with Crippen LogP contribution in [-0.2, 0) is 4.74 Å². The molecule has 0 unspecified atom stereocenters. The van der Waals surface area contributed by atoms with E-state index in [1.54, 1.807) is 6.07 Å². The van der Waals surface area contributed by atoms with Crippen LogP contribution in [0.3, 0.4) is 0 Å². The van der Waals surface area contributed by atoms with Crippen molar-refractivity contribution in [2.24, 2.45) is 0 Å². The zero-order valence-corrected chi connectivity index (χ0v) is 12.7. The quantitative estimate of drug-likeness (QED) is 0.452. The SMILES string of the molecule is CCCCCOCC=Cc1ccc(Cl)c(Cl)c1Cl. The zero-order chi connectivity index (χ0) is 13.4. The maximum absolute atomic E-state index is 6.07. The minimum atomic E-state index is 0.393. The molecule has 0 spiro atoms. The van der Waals surface area contributed by atoms with E-state index in [4.69, 9.17) is 39.5 Å². The molecule has 0 heterocycles. The van der Waals surface area contributed by atoms with Gasteiger partial charge in [0, 0.05) is 6.61 Å². The Kier molecular flexibility index (Phi) is 7.76. The van der Waals surface area contributed by atoms with E-state index in [0.717, 1.165) is 18.6 Å². The van der Waals surface area contributed by atoms with Crippen molar-refractivity contribution in [3.8, 4) is 0 Å². The van der Waals surface area contributed by atoms with Gasteiger partial charge in [-0.2, -0.15) is 0 Å². The first-order valence-corrected chi connectivity index (χ1v) is 7.18. The monoisotopic (exact) mass is 306 g/mol. The van der Waals surface area contributed by atoms with Gasteiger partial charge >= 0.3 is 0 Å². The molecule has 0 fully saturated rings. The van der Waals surface area contributed by atoms with Crippen LogP contribution in [-0.4, -0.2) is 13.2 Å². The molecule has 0 N–H and O–H groups in total. The fraction of sp³-hybridized carbons (Fsp3) is 0.429. The predicted molar refractivity (Wildman–Crippen MR) is 80.9 cm³/mol. The molecule has 0 aliphatic heterocycles. The van der Waals surface area contributed by atoms with Gasteiger partial charge in [-0.05, 0) is 18.1 Å². The van der Waals surface area contributed by atoms with Gasteiger partial charge < -0.3 is 4.74 Å². The van der Waals surface area contributed by atoms with Gasteiger partial charge in [-0.1, -0.05) is 72.8 Å². The van der Waals surface area contributed by atoms with Crippen LogP contribution in [0.15, 0.2) is 18.2 Å². The predicted octanol–water partition coefficient (Wildman–Crippen LogP) is 5.87. The second-order valence-corrected chi connectivity index (χ2v) is 5.11. The number of hydrogen-bond donors (Lipinski definition) is 0. The first kappa shape index (κ1) is 15.8. The van der Waals surface area contributed by atoms with Crippen LogP contribution >= 0.6 is 34.8 Å². The van der Waals surface area contributed by atoms with Crippen molar-refractivity contribution < 1.29 is 4.74 Å². The molecule has 100 valence electrons. The second-order valence-electron chi connectivity index (χ2n) is 3.95. The molecule has 4 heteroatoms. The summed E-state index contributed by atoms with van der Waals surface area (Å²) >= 11 is 17.9. The zero-order valence-electron chi connectivity index (χ0n) is 10.4. The molecule has 18 heavy (non-hydrogen) atoms. The van der Waals surface area contributed by atoms with Crippen molar-refractivity contribution in [3.63, 3.8) is 0 Å². The van der Waals surface area contributed by atoms with E-state index in [-0.39, 0.29) is 0 Å². The molecule has 0 amide bonds. The van der Waals surface area contributed by atoms with Gasteiger partial charge in [-0.3, -0.25) is 0 Å². The summed E-state index contributed by atoms with van der Waals surface area (Å²) in [4.78, 5) is 0. The maximum Gasteiger partial charge on any atom is 0.0784 e. The highest BCUT2D eigenvalue weighted by Crippen LogP contribution is 2.33. The lowest BCUT2D eigenvalue weighted by atomic mass is 10.2. The number of benzene rings is 1. The molecule has 0 atom stereocenters. The van der Waals surface area contributed by atoms with Crippen LogP contribution in [0.2, 0.25) is 15.1 Å². The second kappa shape index (κ2) is 8.82. The standard InChI is InChI=1S/C14H17Cl3O/c1-2-3-4-9-18-10-5-6-11-7-8-12(15)14(17)13(11)16/h5-8H,2-4,9-10H2,1H3. The van der Waals surface area contributed by atoms with Gasteiger partial charge in [-0.25, -0.2) is 0 Å². The molecule has 0 aliphatic carbocycles. The molecular formula is C14H17Cl3O. The molecule has 0 saturated carbocycles. The Morgan fingerprint density at radius 1 is 1.11 bits per heavy atom. The van der Waals surface area contributed by atoms with Crippen LogP contribution in [0.25, 0.3) is 6.08 Å². The highest BCUT2D eigenvalue weighted by Gasteiger charge is 2.05. The van der Waals surface area contributed by atoms with Crippen molar-refractivity contribution >= 4 is 40.9 Å². The molecular weight excluding hydrogens is 291 g/mol. The molecule has 0 aromatic heterocycles. The molecule has 0 bridgehead atoms. The first-order valence-electron chi connectivity index (χ1n) is 6.04. The Hall–Kier alpha value is -0.210. The number of rotatable bonds is 7. The van der Waals surface area contributed by atoms with Crippen molar-refractivity contribution in [1.82, 2.24) is 0 Å². The summed E-state index contributed by atoms with van der Waals surface area (Å²) in [7, 11) is 0. The van der Waals surface area contributed by atoms with Crippen molar-refractivity contribution in [2.45, 2.75) is 26.2 Å². The summed E-state index contributed by atoms with van der Waals surface area (Å²) in [6.45, 7) is 3.56. The summed E-state index contributed by atoms with van der Waals surface area (Å²) in [6, 6.07) is 3.57.